The van der Waals surface area contributed by atoms with Crippen LogP contribution in [0.5, 0.6) is 0 Å². The summed E-state index contributed by atoms with van der Waals surface area (Å²) in [6.45, 7) is 0.461. The molecular weight excluding hydrogens is 336 g/mol. The standard InChI is InChI=1S/C22H16N4O/c27-22-19-7-3-9-23-21(19)25-14-26(22)13-15-4-1-5-16(10-15)18-11-17-6-2-8-20(17)24-12-18/h1-7,9-12,14H,8,13H2. The Morgan fingerprint density at radius 3 is 2.93 bits per heavy atom. The number of aromatic nitrogens is 4. The number of nitrogens with zero attached hydrogens (tertiary/aromatic N) is 4. The molecule has 1 aliphatic carbocycles. The van der Waals surface area contributed by atoms with Gasteiger partial charge in [-0.05, 0) is 41.0 Å². The Bertz CT molecular complexity index is 1260. The summed E-state index contributed by atoms with van der Waals surface area (Å²) in [5.74, 6) is 0. The van der Waals surface area contributed by atoms with Gasteiger partial charge in [0.05, 0.1) is 17.6 Å². The Morgan fingerprint density at radius 2 is 1.96 bits per heavy atom. The zero-order valence-corrected chi connectivity index (χ0v) is 14.5. The Labute approximate surface area is 155 Å². The molecule has 1 aliphatic rings. The van der Waals surface area contributed by atoms with Crippen LogP contribution >= 0.6 is 0 Å². The molecule has 0 unspecified atom stereocenters. The van der Waals surface area contributed by atoms with Gasteiger partial charge in [0.1, 0.15) is 6.33 Å². The van der Waals surface area contributed by atoms with Crippen LogP contribution in [0.4, 0.5) is 0 Å². The highest BCUT2D eigenvalue weighted by Crippen LogP contribution is 2.25. The first-order valence-electron chi connectivity index (χ1n) is 8.83. The maximum atomic E-state index is 12.7. The largest absolute Gasteiger partial charge is 0.294 e. The molecule has 0 saturated carbocycles. The highest BCUT2D eigenvalue weighted by atomic mass is 16.1. The Hall–Kier alpha value is -3.60. The van der Waals surface area contributed by atoms with E-state index in [1.807, 2.05) is 18.3 Å². The minimum Gasteiger partial charge on any atom is -0.294 e. The maximum Gasteiger partial charge on any atom is 0.263 e. The van der Waals surface area contributed by atoms with E-state index < -0.39 is 0 Å². The quantitative estimate of drug-likeness (QED) is 0.566. The van der Waals surface area contributed by atoms with Gasteiger partial charge >= 0.3 is 0 Å². The molecule has 0 N–H and O–H groups in total. The van der Waals surface area contributed by atoms with E-state index in [0.717, 1.165) is 28.8 Å². The molecule has 0 saturated heterocycles. The first-order chi connectivity index (χ1) is 13.3. The average Bonchev–Trinajstić information content (AvgIpc) is 3.18. The molecule has 3 heterocycles. The SMILES string of the molecule is O=c1c2cccnc2ncn1Cc1cccc(-c2cnc3c(c2)C=CC3)c1. The van der Waals surface area contributed by atoms with Gasteiger partial charge in [-0.2, -0.15) is 0 Å². The van der Waals surface area contributed by atoms with Gasteiger partial charge in [0.2, 0.25) is 0 Å². The van der Waals surface area contributed by atoms with Crippen LogP contribution in [0, 0.1) is 0 Å². The van der Waals surface area contributed by atoms with Crippen molar-refractivity contribution in [2.45, 2.75) is 13.0 Å². The van der Waals surface area contributed by atoms with Crippen molar-refractivity contribution in [3.05, 3.63) is 94.4 Å². The third-order valence-electron chi connectivity index (χ3n) is 4.82. The number of fused-ring (bicyclic) bond motifs is 2. The molecule has 0 radical (unpaired) electrons. The van der Waals surface area contributed by atoms with Crippen LogP contribution in [-0.2, 0) is 13.0 Å². The summed E-state index contributed by atoms with van der Waals surface area (Å²) in [6.07, 6.45) is 10.3. The molecule has 5 nitrogen and oxygen atoms in total. The van der Waals surface area contributed by atoms with E-state index in [1.165, 1.54) is 5.56 Å². The molecule has 3 aromatic heterocycles. The van der Waals surface area contributed by atoms with Crippen LogP contribution in [0.1, 0.15) is 16.8 Å². The van der Waals surface area contributed by atoms with E-state index in [4.69, 9.17) is 0 Å². The maximum absolute atomic E-state index is 12.7. The van der Waals surface area contributed by atoms with Crippen LogP contribution in [0.15, 0.2) is 72.1 Å². The van der Waals surface area contributed by atoms with E-state index in [-0.39, 0.29) is 5.56 Å². The lowest BCUT2D eigenvalue weighted by Crippen LogP contribution is -2.21. The van der Waals surface area contributed by atoms with Crippen LogP contribution in [0.25, 0.3) is 28.2 Å². The molecule has 0 spiro atoms. The third-order valence-corrected chi connectivity index (χ3v) is 4.82. The highest BCUT2D eigenvalue weighted by Gasteiger charge is 2.09. The van der Waals surface area contributed by atoms with Gasteiger partial charge in [-0.25, -0.2) is 9.97 Å². The lowest BCUT2D eigenvalue weighted by atomic mass is 10.0. The minimum absolute atomic E-state index is 0.0807. The monoisotopic (exact) mass is 352 g/mol. The fourth-order valence-electron chi connectivity index (χ4n) is 3.44. The van der Waals surface area contributed by atoms with Crippen molar-refractivity contribution in [1.82, 2.24) is 19.5 Å². The molecule has 4 aromatic rings. The topological polar surface area (TPSA) is 60.7 Å². The number of pyridine rings is 2. The first-order valence-corrected chi connectivity index (χ1v) is 8.83. The number of hydrogen-bond acceptors (Lipinski definition) is 4. The number of benzene rings is 1. The summed E-state index contributed by atoms with van der Waals surface area (Å²) in [6, 6.07) is 13.9. The molecular formula is C22H16N4O. The molecule has 0 fully saturated rings. The minimum atomic E-state index is -0.0807. The van der Waals surface area contributed by atoms with Gasteiger partial charge in [0, 0.05) is 24.4 Å². The molecule has 0 amide bonds. The number of allylic oxidation sites excluding steroid dienone is 1. The summed E-state index contributed by atoms with van der Waals surface area (Å²) in [5.41, 5.74) is 5.91. The van der Waals surface area contributed by atoms with Gasteiger partial charge in [-0.3, -0.25) is 14.3 Å². The summed E-state index contributed by atoms with van der Waals surface area (Å²) in [5, 5.41) is 0.533. The molecule has 130 valence electrons. The second-order valence-corrected chi connectivity index (χ2v) is 6.62. The van der Waals surface area contributed by atoms with Gasteiger partial charge in [-0.1, -0.05) is 30.4 Å². The van der Waals surface area contributed by atoms with E-state index in [2.05, 4.69) is 45.3 Å². The second-order valence-electron chi connectivity index (χ2n) is 6.62. The fourth-order valence-corrected chi connectivity index (χ4v) is 3.44. The van der Waals surface area contributed by atoms with Crippen LogP contribution in [0.3, 0.4) is 0 Å². The lowest BCUT2D eigenvalue weighted by Gasteiger charge is -2.09. The average molecular weight is 352 g/mol. The highest BCUT2D eigenvalue weighted by molar-refractivity contribution is 5.72. The molecule has 27 heavy (non-hydrogen) atoms. The summed E-state index contributed by atoms with van der Waals surface area (Å²) in [4.78, 5) is 25.7. The molecule has 1 aromatic carbocycles. The van der Waals surface area contributed by atoms with Crippen molar-refractivity contribution in [2.75, 3.05) is 0 Å². The molecule has 5 heteroatoms. The third kappa shape index (κ3) is 2.83. The van der Waals surface area contributed by atoms with Crippen molar-refractivity contribution in [1.29, 1.82) is 0 Å². The van der Waals surface area contributed by atoms with Crippen LogP contribution in [0.2, 0.25) is 0 Å². The Kier molecular flexibility index (Phi) is 3.64. The van der Waals surface area contributed by atoms with Crippen LogP contribution in [-0.4, -0.2) is 19.5 Å². The predicted octanol–water partition coefficient (Wildman–Crippen LogP) is 3.47. The van der Waals surface area contributed by atoms with Crippen LogP contribution < -0.4 is 5.56 Å². The smallest absolute Gasteiger partial charge is 0.263 e. The van der Waals surface area contributed by atoms with Crippen molar-refractivity contribution < 1.29 is 0 Å². The van der Waals surface area contributed by atoms with Gasteiger partial charge in [0.15, 0.2) is 5.65 Å². The molecule has 0 aliphatic heterocycles. The summed E-state index contributed by atoms with van der Waals surface area (Å²) < 4.78 is 1.62. The number of rotatable bonds is 3. The zero-order valence-electron chi connectivity index (χ0n) is 14.5. The number of hydrogen-bond donors (Lipinski definition) is 0. The second kappa shape index (κ2) is 6.29. The molecule has 5 rings (SSSR count). The van der Waals surface area contributed by atoms with E-state index in [1.54, 1.807) is 29.2 Å². The summed E-state index contributed by atoms with van der Waals surface area (Å²) >= 11 is 0. The molecule has 0 bridgehead atoms. The van der Waals surface area contributed by atoms with Crippen molar-refractivity contribution in [2.24, 2.45) is 0 Å². The lowest BCUT2D eigenvalue weighted by molar-refractivity contribution is 0.747. The van der Waals surface area contributed by atoms with Gasteiger partial charge in [-0.15, -0.1) is 0 Å². The fraction of sp³-hybridized carbons (Fsp3) is 0.0909. The van der Waals surface area contributed by atoms with Gasteiger partial charge in [0.25, 0.3) is 5.56 Å². The van der Waals surface area contributed by atoms with Gasteiger partial charge < -0.3 is 0 Å². The predicted molar refractivity (Wildman–Crippen MR) is 105 cm³/mol. The summed E-state index contributed by atoms with van der Waals surface area (Å²) in [7, 11) is 0. The van der Waals surface area contributed by atoms with E-state index in [0.29, 0.717) is 17.6 Å². The van der Waals surface area contributed by atoms with Crippen molar-refractivity contribution in [3.63, 3.8) is 0 Å². The zero-order chi connectivity index (χ0) is 18.2. The van der Waals surface area contributed by atoms with E-state index >= 15 is 0 Å². The van der Waals surface area contributed by atoms with Crippen molar-refractivity contribution >= 4 is 17.1 Å². The Morgan fingerprint density at radius 1 is 1.00 bits per heavy atom. The normalized spacial score (nSPS) is 12.4. The Balaban J connectivity index is 1.50. The van der Waals surface area contributed by atoms with Crippen molar-refractivity contribution in [3.8, 4) is 11.1 Å². The molecule has 0 atom stereocenters. The first kappa shape index (κ1) is 15.6. The van der Waals surface area contributed by atoms with E-state index in [9.17, 15) is 4.79 Å².